The highest BCUT2D eigenvalue weighted by Gasteiger charge is 2.06. The Morgan fingerprint density at radius 3 is 2.56 bits per heavy atom. The van der Waals surface area contributed by atoms with Gasteiger partial charge in [-0.25, -0.2) is 0 Å². The normalized spacial score (nSPS) is 11.6. The molecule has 6 heteroatoms. The van der Waals surface area contributed by atoms with Gasteiger partial charge in [-0.3, -0.25) is 4.99 Å². The first-order chi connectivity index (χ1) is 12.2. The molecule has 0 bridgehead atoms. The smallest absolute Gasteiger partial charge is 0.193 e. The van der Waals surface area contributed by atoms with E-state index in [1.165, 1.54) is 10.5 Å². The molecular weight excluding hydrogens is 334 g/mol. The van der Waals surface area contributed by atoms with Crippen LogP contribution in [0.3, 0.4) is 0 Å². The summed E-state index contributed by atoms with van der Waals surface area (Å²) in [6.07, 6.45) is 4.14. The predicted molar refractivity (Wildman–Crippen MR) is 108 cm³/mol. The molecule has 0 radical (unpaired) electrons. The minimum atomic E-state index is 0.658. The van der Waals surface area contributed by atoms with Crippen molar-refractivity contribution < 1.29 is 9.47 Å². The van der Waals surface area contributed by atoms with Crippen LogP contribution in [-0.2, 0) is 16.0 Å². The molecule has 1 rings (SSSR count). The van der Waals surface area contributed by atoms with E-state index in [2.05, 4.69) is 54.7 Å². The number of hydrogen-bond acceptors (Lipinski definition) is 4. The Balaban J connectivity index is 2.39. The molecule has 5 nitrogen and oxygen atoms in total. The van der Waals surface area contributed by atoms with Crippen LogP contribution in [0.2, 0.25) is 0 Å². The molecule has 0 spiro atoms. The van der Waals surface area contributed by atoms with Crippen LogP contribution in [0, 0.1) is 0 Å². The van der Waals surface area contributed by atoms with E-state index in [1.807, 2.05) is 0 Å². The zero-order valence-corrected chi connectivity index (χ0v) is 16.9. The van der Waals surface area contributed by atoms with Crippen molar-refractivity contribution in [1.82, 2.24) is 10.2 Å². The van der Waals surface area contributed by atoms with E-state index < -0.39 is 0 Å². The van der Waals surface area contributed by atoms with Crippen molar-refractivity contribution in [2.75, 3.05) is 53.3 Å². The lowest BCUT2D eigenvalue weighted by Crippen LogP contribution is -2.38. The third-order valence-electron chi connectivity index (χ3n) is 3.67. The molecule has 0 unspecified atom stereocenters. The van der Waals surface area contributed by atoms with Crippen LogP contribution in [0.4, 0.5) is 0 Å². The van der Waals surface area contributed by atoms with Gasteiger partial charge in [-0.1, -0.05) is 12.1 Å². The highest BCUT2D eigenvalue weighted by atomic mass is 32.2. The molecule has 0 aliphatic rings. The van der Waals surface area contributed by atoms with Crippen molar-refractivity contribution in [2.24, 2.45) is 4.99 Å². The second-order valence-corrected chi connectivity index (χ2v) is 6.63. The monoisotopic (exact) mass is 367 g/mol. The molecule has 1 N–H and O–H groups in total. The first-order valence-corrected chi connectivity index (χ1v) is 10.1. The van der Waals surface area contributed by atoms with Crippen LogP contribution >= 0.6 is 11.8 Å². The van der Waals surface area contributed by atoms with Crippen molar-refractivity contribution in [2.45, 2.75) is 31.2 Å². The minimum Gasteiger partial charge on any atom is -0.382 e. The summed E-state index contributed by atoms with van der Waals surface area (Å²) >= 11 is 1.77. The Morgan fingerprint density at radius 1 is 1.16 bits per heavy atom. The molecule has 0 saturated heterocycles. The number of unbranched alkanes of at least 4 members (excludes halogenated alkanes) is 1. The Bertz CT molecular complexity index is 480. The zero-order valence-electron chi connectivity index (χ0n) is 16.1. The van der Waals surface area contributed by atoms with E-state index in [9.17, 15) is 0 Å². The van der Waals surface area contributed by atoms with Gasteiger partial charge in [0.25, 0.3) is 0 Å². The lowest BCUT2D eigenvalue weighted by molar-refractivity contribution is 0.0690. The summed E-state index contributed by atoms with van der Waals surface area (Å²) in [5.74, 6) is 0.955. The van der Waals surface area contributed by atoms with E-state index in [0.29, 0.717) is 13.2 Å². The molecule has 0 saturated carbocycles. The topological polar surface area (TPSA) is 46.1 Å². The van der Waals surface area contributed by atoms with Gasteiger partial charge < -0.3 is 19.7 Å². The lowest BCUT2D eigenvalue weighted by atomic mass is 10.2. The highest BCUT2D eigenvalue weighted by Crippen LogP contribution is 2.15. The zero-order chi connectivity index (χ0) is 18.3. The van der Waals surface area contributed by atoms with Crippen LogP contribution in [0.1, 0.15) is 25.3 Å². The van der Waals surface area contributed by atoms with Gasteiger partial charge >= 0.3 is 0 Å². The average Bonchev–Trinajstić information content (AvgIpc) is 2.63. The number of hydrogen-bond donors (Lipinski definition) is 1. The molecule has 0 aliphatic carbocycles. The van der Waals surface area contributed by atoms with Gasteiger partial charge in [0.1, 0.15) is 0 Å². The number of rotatable bonds is 12. The number of nitrogens with zero attached hydrogens (tertiary/aromatic N) is 2. The third kappa shape index (κ3) is 9.72. The average molecular weight is 368 g/mol. The summed E-state index contributed by atoms with van der Waals surface area (Å²) in [7, 11) is 3.77. The van der Waals surface area contributed by atoms with Gasteiger partial charge in [-0.2, -0.15) is 0 Å². The van der Waals surface area contributed by atoms with Crippen LogP contribution in [0.15, 0.2) is 34.2 Å². The maximum atomic E-state index is 5.47. The first kappa shape index (κ1) is 21.8. The Labute approximate surface area is 157 Å². The van der Waals surface area contributed by atoms with E-state index in [0.717, 1.165) is 45.0 Å². The number of nitrogens with one attached hydrogen (secondary N) is 1. The fraction of sp³-hybridized carbons (Fsp3) is 0.632. The quantitative estimate of drug-likeness (QED) is 0.266. The van der Waals surface area contributed by atoms with Crippen LogP contribution < -0.4 is 5.32 Å². The Morgan fingerprint density at radius 2 is 1.92 bits per heavy atom. The highest BCUT2D eigenvalue weighted by molar-refractivity contribution is 7.98. The number of benzene rings is 1. The van der Waals surface area contributed by atoms with Crippen LogP contribution in [0.25, 0.3) is 0 Å². The van der Waals surface area contributed by atoms with Gasteiger partial charge in [0, 0.05) is 45.3 Å². The van der Waals surface area contributed by atoms with Crippen molar-refractivity contribution in [3.8, 4) is 0 Å². The maximum Gasteiger partial charge on any atom is 0.193 e. The summed E-state index contributed by atoms with van der Waals surface area (Å²) < 4.78 is 10.4. The van der Waals surface area contributed by atoms with Crippen molar-refractivity contribution >= 4 is 17.7 Å². The van der Waals surface area contributed by atoms with Gasteiger partial charge in [0.15, 0.2) is 5.96 Å². The molecule has 0 heterocycles. The van der Waals surface area contributed by atoms with E-state index in [4.69, 9.17) is 14.5 Å². The second-order valence-electron chi connectivity index (χ2n) is 5.75. The summed E-state index contributed by atoms with van der Waals surface area (Å²) in [4.78, 5) is 8.19. The summed E-state index contributed by atoms with van der Waals surface area (Å²) in [6.45, 7) is 6.72. The molecule has 1 aromatic rings. The van der Waals surface area contributed by atoms with E-state index >= 15 is 0 Å². The molecule has 142 valence electrons. The Hall–Kier alpha value is -1.24. The second kappa shape index (κ2) is 14.0. The maximum absolute atomic E-state index is 5.47. The number of methoxy groups -OCH3 is 1. The minimum absolute atomic E-state index is 0.658. The molecular formula is C19H33N3O2S. The molecule has 0 aliphatic heterocycles. The number of ether oxygens (including phenoxy) is 2. The van der Waals surface area contributed by atoms with Gasteiger partial charge in [-0.05, 0) is 43.7 Å². The van der Waals surface area contributed by atoms with E-state index in [-0.39, 0.29) is 0 Å². The lowest BCUT2D eigenvalue weighted by Gasteiger charge is -2.22. The summed E-state index contributed by atoms with van der Waals surface area (Å²) in [5, 5.41) is 3.37. The third-order valence-corrected chi connectivity index (χ3v) is 4.41. The fourth-order valence-electron chi connectivity index (χ4n) is 2.29. The molecule has 25 heavy (non-hydrogen) atoms. The SMILES string of the molecule is CCNC(=NCCCCOCCOC)N(C)Cc1ccc(SC)cc1. The number of thioether (sulfide) groups is 1. The molecule has 0 atom stereocenters. The number of aliphatic imine (C=N–C) groups is 1. The summed E-state index contributed by atoms with van der Waals surface area (Å²) in [5.41, 5.74) is 1.29. The Kier molecular flexibility index (Phi) is 12.2. The summed E-state index contributed by atoms with van der Waals surface area (Å²) in [6, 6.07) is 8.70. The molecule has 0 amide bonds. The standard InChI is InChI=1S/C19H33N3O2S/c1-5-20-19(21-12-6-7-13-24-15-14-23-3)22(2)16-17-8-10-18(25-4)11-9-17/h8-11H,5-7,12-16H2,1-4H3,(H,20,21). The van der Waals surface area contributed by atoms with Gasteiger partial charge in [-0.15, -0.1) is 11.8 Å². The number of guanidine groups is 1. The molecule has 0 aromatic heterocycles. The van der Waals surface area contributed by atoms with Crippen molar-refractivity contribution in [3.05, 3.63) is 29.8 Å². The van der Waals surface area contributed by atoms with E-state index in [1.54, 1.807) is 18.9 Å². The largest absolute Gasteiger partial charge is 0.382 e. The van der Waals surface area contributed by atoms with Gasteiger partial charge in [0.2, 0.25) is 0 Å². The van der Waals surface area contributed by atoms with Crippen LogP contribution in [-0.4, -0.2) is 64.2 Å². The van der Waals surface area contributed by atoms with Gasteiger partial charge in [0.05, 0.1) is 13.2 Å². The first-order valence-electron chi connectivity index (χ1n) is 8.90. The van der Waals surface area contributed by atoms with Crippen LogP contribution in [0.5, 0.6) is 0 Å². The van der Waals surface area contributed by atoms with Crippen molar-refractivity contribution in [3.63, 3.8) is 0 Å². The fourth-order valence-corrected chi connectivity index (χ4v) is 2.70. The predicted octanol–water partition coefficient (Wildman–Crippen LogP) is 3.25. The molecule has 1 aromatic carbocycles. The molecule has 0 fully saturated rings. The van der Waals surface area contributed by atoms with Crippen molar-refractivity contribution in [1.29, 1.82) is 0 Å².